The minimum absolute atomic E-state index is 0.287. The third kappa shape index (κ3) is 3.15. The monoisotopic (exact) mass is 230 g/mol. The third-order valence-corrected chi connectivity index (χ3v) is 3.56. The summed E-state index contributed by atoms with van der Waals surface area (Å²) >= 11 is 0. The summed E-state index contributed by atoms with van der Waals surface area (Å²) in [4.78, 5) is 0. The molecule has 0 nitrogen and oxygen atoms in total. The summed E-state index contributed by atoms with van der Waals surface area (Å²) in [6.45, 7) is 19.2. The van der Waals surface area contributed by atoms with Crippen LogP contribution in [0.1, 0.15) is 52.7 Å². The summed E-state index contributed by atoms with van der Waals surface area (Å²) in [7, 11) is 0. The second kappa shape index (κ2) is 4.51. The van der Waals surface area contributed by atoms with Gasteiger partial charge in [-0.2, -0.15) is 0 Å². The van der Waals surface area contributed by atoms with Crippen LogP contribution in [0, 0.1) is 13.8 Å². The minimum atomic E-state index is 0.287. The highest BCUT2D eigenvalue weighted by Crippen LogP contribution is 2.42. The van der Waals surface area contributed by atoms with E-state index in [0.717, 1.165) is 0 Å². The average Bonchev–Trinajstić information content (AvgIpc) is 2.06. The van der Waals surface area contributed by atoms with Crippen LogP contribution < -0.4 is 5.46 Å². The van der Waals surface area contributed by atoms with Crippen LogP contribution in [0.5, 0.6) is 0 Å². The second-order valence-corrected chi connectivity index (χ2v) is 7.47. The van der Waals surface area contributed by atoms with E-state index in [4.69, 9.17) is 0 Å². The number of aryl methyl sites for hydroxylation is 2. The van der Waals surface area contributed by atoms with Crippen LogP contribution in [0.25, 0.3) is 0 Å². The summed E-state index contributed by atoms with van der Waals surface area (Å²) in [5, 5.41) is 0.574. The molecule has 0 amide bonds. The highest BCUT2D eigenvalue weighted by molar-refractivity contribution is 6.79. The van der Waals surface area contributed by atoms with Crippen molar-refractivity contribution in [2.24, 2.45) is 0 Å². The Kier molecular flexibility index (Phi) is 3.81. The van der Waals surface area contributed by atoms with Crippen molar-refractivity contribution in [1.82, 2.24) is 0 Å². The van der Waals surface area contributed by atoms with E-state index in [1.165, 1.54) is 11.1 Å². The number of benzene rings is 1. The van der Waals surface area contributed by atoms with Gasteiger partial charge in [0.1, 0.15) is 0 Å². The SMILES string of the molecule is Cc1cccc(C)c1B(C(C)(C)C)C(C)(C)C. The molecule has 0 N–H and O–H groups in total. The highest BCUT2D eigenvalue weighted by Gasteiger charge is 2.41. The van der Waals surface area contributed by atoms with Crippen LogP contribution in [0.3, 0.4) is 0 Å². The fourth-order valence-electron chi connectivity index (χ4n) is 3.45. The predicted molar refractivity (Wildman–Crippen MR) is 80.7 cm³/mol. The van der Waals surface area contributed by atoms with Gasteiger partial charge < -0.3 is 0 Å². The Balaban J connectivity index is 3.44. The maximum Gasteiger partial charge on any atom is 0.187 e. The molecule has 0 saturated carbocycles. The van der Waals surface area contributed by atoms with Gasteiger partial charge in [0, 0.05) is 0 Å². The van der Waals surface area contributed by atoms with E-state index in [1.54, 1.807) is 5.46 Å². The molecule has 1 rings (SSSR count). The van der Waals surface area contributed by atoms with Gasteiger partial charge in [0.15, 0.2) is 6.71 Å². The highest BCUT2D eigenvalue weighted by atomic mass is 14.2. The van der Waals surface area contributed by atoms with Gasteiger partial charge in [-0.3, -0.25) is 0 Å². The molecule has 0 unspecified atom stereocenters. The number of hydrogen-bond donors (Lipinski definition) is 0. The summed E-state index contributed by atoms with van der Waals surface area (Å²) in [6, 6.07) is 6.65. The smallest absolute Gasteiger partial charge is 0.0732 e. The Bertz CT molecular complexity index is 357. The lowest BCUT2D eigenvalue weighted by atomic mass is 9.21. The lowest BCUT2D eigenvalue weighted by Gasteiger charge is -2.39. The number of rotatable bonds is 1. The molecule has 0 aliphatic rings. The lowest BCUT2D eigenvalue weighted by molar-refractivity contribution is 0.653. The molecule has 0 spiro atoms. The first kappa shape index (κ1) is 14.3. The van der Waals surface area contributed by atoms with Gasteiger partial charge in [-0.05, 0) is 13.8 Å². The molecule has 1 aromatic carbocycles. The van der Waals surface area contributed by atoms with E-state index >= 15 is 0 Å². The summed E-state index contributed by atoms with van der Waals surface area (Å²) in [6.07, 6.45) is 0. The van der Waals surface area contributed by atoms with E-state index in [9.17, 15) is 0 Å². The van der Waals surface area contributed by atoms with Gasteiger partial charge in [-0.15, -0.1) is 0 Å². The Morgan fingerprint density at radius 1 is 0.765 bits per heavy atom. The Morgan fingerprint density at radius 3 is 1.41 bits per heavy atom. The summed E-state index contributed by atoms with van der Waals surface area (Å²) in [5.74, 6) is 0. The molecule has 94 valence electrons. The van der Waals surface area contributed by atoms with Crippen LogP contribution in [-0.2, 0) is 0 Å². The Hall–Kier alpha value is -0.715. The van der Waals surface area contributed by atoms with Crippen molar-refractivity contribution in [2.45, 2.75) is 66.0 Å². The topological polar surface area (TPSA) is 0 Å². The fraction of sp³-hybridized carbons (Fsp3) is 0.625. The molecule has 17 heavy (non-hydrogen) atoms. The van der Waals surface area contributed by atoms with Crippen LogP contribution in [0.4, 0.5) is 0 Å². The van der Waals surface area contributed by atoms with Gasteiger partial charge in [0.05, 0.1) is 0 Å². The van der Waals surface area contributed by atoms with Crippen molar-refractivity contribution in [2.75, 3.05) is 0 Å². The molecule has 0 bridgehead atoms. The van der Waals surface area contributed by atoms with E-state index < -0.39 is 0 Å². The predicted octanol–water partition coefficient (Wildman–Crippen LogP) is 4.61. The van der Waals surface area contributed by atoms with E-state index in [1.807, 2.05) is 0 Å². The first-order valence-electron chi connectivity index (χ1n) is 6.61. The van der Waals surface area contributed by atoms with Gasteiger partial charge >= 0.3 is 0 Å². The van der Waals surface area contributed by atoms with E-state index in [-0.39, 0.29) is 10.6 Å². The van der Waals surface area contributed by atoms with Crippen LogP contribution in [-0.4, -0.2) is 6.71 Å². The van der Waals surface area contributed by atoms with Crippen molar-refractivity contribution in [3.8, 4) is 0 Å². The molecular formula is C16H27B. The first-order chi connectivity index (χ1) is 7.55. The zero-order valence-corrected chi connectivity index (χ0v) is 12.8. The van der Waals surface area contributed by atoms with E-state index in [0.29, 0.717) is 6.71 Å². The van der Waals surface area contributed by atoms with Crippen LogP contribution >= 0.6 is 0 Å². The molecule has 1 aromatic rings. The summed E-state index contributed by atoms with van der Waals surface area (Å²) < 4.78 is 0. The maximum atomic E-state index is 2.36. The van der Waals surface area contributed by atoms with E-state index in [2.05, 4.69) is 73.6 Å². The molecule has 0 fully saturated rings. The number of hydrogen-bond acceptors (Lipinski definition) is 0. The molecule has 0 radical (unpaired) electrons. The molecule has 0 heterocycles. The first-order valence-corrected chi connectivity index (χ1v) is 6.61. The largest absolute Gasteiger partial charge is 0.187 e. The van der Waals surface area contributed by atoms with Crippen LogP contribution in [0.15, 0.2) is 18.2 Å². The van der Waals surface area contributed by atoms with Gasteiger partial charge in [-0.1, -0.05) is 87.0 Å². The maximum absolute atomic E-state index is 2.36. The normalized spacial score (nSPS) is 12.7. The Morgan fingerprint density at radius 2 is 1.12 bits per heavy atom. The summed E-state index contributed by atoms with van der Waals surface area (Å²) in [5.41, 5.74) is 4.41. The average molecular weight is 230 g/mol. The zero-order chi connectivity index (χ0) is 13.4. The standard InChI is InChI=1S/C16H27B/c1-12-10-9-11-13(2)14(12)17(15(3,4)5)16(6,7)8/h9-11H,1-8H3. The molecule has 1 heteroatoms. The van der Waals surface area contributed by atoms with Crippen molar-refractivity contribution in [3.05, 3.63) is 29.3 Å². The van der Waals surface area contributed by atoms with Gasteiger partial charge in [0.2, 0.25) is 0 Å². The van der Waals surface area contributed by atoms with Crippen LogP contribution in [0.2, 0.25) is 10.6 Å². The lowest BCUT2D eigenvalue weighted by Crippen LogP contribution is -2.48. The Labute approximate surface area is 108 Å². The van der Waals surface area contributed by atoms with Crippen molar-refractivity contribution in [1.29, 1.82) is 0 Å². The molecule has 0 aromatic heterocycles. The third-order valence-electron chi connectivity index (χ3n) is 3.56. The molecule has 0 saturated heterocycles. The molecule has 0 aliphatic heterocycles. The van der Waals surface area contributed by atoms with Crippen molar-refractivity contribution < 1.29 is 0 Å². The minimum Gasteiger partial charge on any atom is -0.0732 e. The zero-order valence-electron chi connectivity index (χ0n) is 12.8. The van der Waals surface area contributed by atoms with Crippen molar-refractivity contribution in [3.63, 3.8) is 0 Å². The van der Waals surface area contributed by atoms with Crippen molar-refractivity contribution >= 4 is 12.2 Å². The molecule has 0 aliphatic carbocycles. The van der Waals surface area contributed by atoms with Gasteiger partial charge in [-0.25, -0.2) is 0 Å². The quantitative estimate of drug-likeness (QED) is 0.618. The van der Waals surface area contributed by atoms with Gasteiger partial charge in [0.25, 0.3) is 0 Å². The second-order valence-electron chi connectivity index (χ2n) is 7.47. The molecular weight excluding hydrogens is 203 g/mol. The molecule has 0 atom stereocenters. The fourth-order valence-corrected chi connectivity index (χ4v) is 3.45.